The van der Waals surface area contributed by atoms with E-state index in [1.807, 2.05) is 18.2 Å². The Labute approximate surface area is 109 Å². The molecule has 0 aromatic heterocycles. The van der Waals surface area contributed by atoms with Gasteiger partial charge in [-0.3, -0.25) is 4.79 Å². The second-order valence-corrected chi connectivity index (χ2v) is 5.11. The van der Waals surface area contributed by atoms with Crippen LogP contribution in [-0.4, -0.2) is 24.1 Å². The van der Waals surface area contributed by atoms with Crippen LogP contribution in [0.4, 0.5) is 5.69 Å². The number of hydrogen-bond donors (Lipinski definition) is 2. The lowest BCUT2D eigenvalue weighted by Gasteiger charge is -2.19. The lowest BCUT2D eigenvalue weighted by Crippen LogP contribution is -2.26. The molecule has 1 fully saturated rings. The largest absolute Gasteiger partial charge is 0.392 e. The molecule has 1 amide bonds. The van der Waals surface area contributed by atoms with Gasteiger partial charge in [-0.15, -0.1) is 0 Å². The van der Waals surface area contributed by atoms with Gasteiger partial charge in [-0.2, -0.15) is 0 Å². The average molecular weight is 299 g/mol. The Morgan fingerprint density at radius 3 is 2.88 bits per heavy atom. The van der Waals surface area contributed by atoms with Gasteiger partial charge in [0.05, 0.1) is 12.3 Å². The van der Waals surface area contributed by atoms with Crippen LogP contribution in [0.25, 0.3) is 0 Å². The molecule has 1 atom stereocenters. The van der Waals surface area contributed by atoms with Crippen LogP contribution in [0, 0.1) is 5.92 Å². The van der Waals surface area contributed by atoms with Crippen LogP contribution in [-0.2, 0) is 11.4 Å². The van der Waals surface area contributed by atoms with Gasteiger partial charge < -0.3 is 15.7 Å². The first kappa shape index (κ1) is 12.5. The molecule has 4 nitrogen and oxygen atoms in total. The van der Waals surface area contributed by atoms with E-state index in [4.69, 9.17) is 10.8 Å². The Hall–Kier alpha value is -0.910. The third-order valence-electron chi connectivity index (χ3n) is 3.02. The summed E-state index contributed by atoms with van der Waals surface area (Å²) in [5, 5.41) is 9.12. The highest BCUT2D eigenvalue weighted by atomic mass is 79.9. The number of anilines is 1. The van der Waals surface area contributed by atoms with Crippen LogP contribution < -0.4 is 10.6 Å². The van der Waals surface area contributed by atoms with Gasteiger partial charge in [0.25, 0.3) is 0 Å². The second kappa shape index (κ2) is 5.16. The molecule has 1 aromatic carbocycles. The van der Waals surface area contributed by atoms with Crippen molar-refractivity contribution in [3.8, 4) is 0 Å². The third-order valence-corrected chi connectivity index (χ3v) is 3.69. The fourth-order valence-electron chi connectivity index (χ4n) is 2.04. The highest BCUT2D eigenvalue weighted by molar-refractivity contribution is 9.10. The first-order chi connectivity index (χ1) is 8.15. The van der Waals surface area contributed by atoms with E-state index in [9.17, 15) is 4.79 Å². The first-order valence-corrected chi connectivity index (χ1v) is 6.34. The summed E-state index contributed by atoms with van der Waals surface area (Å²) in [6.45, 7) is 1.16. The predicted molar refractivity (Wildman–Crippen MR) is 69.6 cm³/mol. The van der Waals surface area contributed by atoms with Gasteiger partial charge in [0.1, 0.15) is 0 Å². The minimum Gasteiger partial charge on any atom is -0.392 e. The monoisotopic (exact) mass is 298 g/mol. The maximum Gasteiger partial charge on any atom is 0.227 e. The molecule has 1 aromatic rings. The smallest absolute Gasteiger partial charge is 0.227 e. The highest BCUT2D eigenvalue weighted by Crippen LogP contribution is 2.32. The summed E-state index contributed by atoms with van der Waals surface area (Å²) in [5.41, 5.74) is 7.22. The van der Waals surface area contributed by atoms with Crippen LogP contribution in [0.5, 0.6) is 0 Å². The van der Waals surface area contributed by atoms with Crippen molar-refractivity contribution in [1.82, 2.24) is 0 Å². The normalized spacial score (nSPS) is 20.1. The Balaban J connectivity index is 2.30. The molecule has 1 aliphatic heterocycles. The summed E-state index contributed by atoms with van der Waals surface area (Å²) in [4.78, 5) is 13.6. The van der Waals surface area contributed by atoms with Crippen LogP contribution in [0.2, 0.25) is 0 Å². The molecular formula is C12H15BrN2O2. The molecule has 2 rings (SSSR count). The Morgan fingerprint density at radius 2 is 2.29 bits per heavy atom. The number of carbonyl (C=O) groups is 1. The van der Waals surface area contributed by atoms with Crippen molar-refractivity contribution in [2.45, 2.75) is 13.0 Å². The summed E-state index contributed by atoms with van der Waals surface area (Å²) in [5.74, 6) is 0.323. The Morgan fingerprint density at radius 1 is 1.53 bits per heavy atom. The quantitative estimate of drug-likeness (QED) is 0.883. The maximum absolute atomic E-state index is 11.9. The molecule has 1 unspecified atom stereocenters. The van der Waals surface area contributed by atoms with Gasteiger partial charge in [0.15, 0.2) is 0 Å². The van der Waals surface area contributed by atoms with E-state index in [0.717, 1.165) is 15.7 Å². The molecule has 1 saturated heterocycles. The molecule has 1 aliphatic rings. The zero-order valence-corrected chi connectivity index (χ0v) is 11.0. The molecule has 3 N–H and O–H groups in total. The number of carbonyl (C=O) groups excluding carboxylic acids is 1. The van der Waals surface area contributed by atoms with E-state index in [0.29, 0.717) is 19.5 Å². The molecule has 0 spiro atoms. The number of nitrogens with zero attached hydrogens (tertiary/aromatic N) is 1. The van der Waals surface area contributed by atoms with Crippen molar-refractivity contribution >= 4 is 27.5 Å². The Kier molecular flexibility index (Phi) is 3.81. The number of benzene rings is 1. The third kappa shape index (κ3) is 2.51. The molecule has 0 bridgehead atoms. The average Bonchev–Trinajstić information content (AvgIpc) is 2.71. The summed E-state index contributed by atoms with van der Waals surface area (Å²) in [6.07, 6.45) is 0.506. The number of hydrogen-bond acceptors (Lipinski definition) is 3. The molecule has 0 saturated carbocycles. The van der Waals surface area contributed by atoms with Crippen molar-refractivity contribution < 1.29 is 9.90 Å². The van der Waals surface area contributed by atoms with Gasteiger partial charge in [0, 0.05) is 17.4 Å². The number of nitrogens with two attached hydrogens (primary N) is 1. The molecule has 92 valence electrons. The van der Waals surface area contributed by atoms with Gasteiger partial charge in [-0.25, -0.2) is 0 Å². The van der Waals surface area contributed by atoms with Crippen LogP contribution in [0.3, 0.4) is 0 Å². The highest BCUT2D eigenvalue weighted by Gasteiger charge is 2.30. The Bertz CT molecular complexity index is 437. The van der Waals surface area contributed by atoms with Crippen LogP contribution in [0.1, 0.15) is 12.0 Å². The summed E-state index contributed by atoms with van der Waals surface area (Å²) in [7, 11) is 0. The van der Waals surface area contributed by atoms with Gasteiger partial charge in [-0.1, -0.05) is 6.07 Å². The van der Waals surface area contributed by atoms with Crippen molar-refractivity contribution in [2.24, 2.45) is 11.7 Å². The zero-order valence-electron chi connectivity index (χ0n) is 9.40. The fraction of sp³-hybridized carbons (Fsp3) is 0.417. The standard InChI is InChI=1S/C12H15BrN2O2/c13-10-2-1-8(7-16)3-11(10)15-6-9(5-14)4-12(15)17/h1-3,9,16H,4-7,14H2. The number of halogens is 1. The lowest BCUT2D eigenvalue weighted by atomic mass is 10.1. The number of aliphatic hydroxyl groups excluding tert-OH is 1. The van der Waals surface area contributed by atoms with Crippen molar-refractivity contribution in [2.75, 3.05) is 18.0 Å². The first-order valence-electron chi connectivity index (χ1n) is 5.55. The molecular weight excluding hydrogens is 284 g/mol. The van der Waals surface area contributed by atoms with E-state index in [1.165, 1.54) is 0 Å². The molecule has 0 aliphatic carbocycles. The molecule has 0 radical (unpaired) electrons. The fourth-order valence-corrected chi connectivity index (χ4v) is 2.50. The van der Waals surface area contributed by atoms with Crippen LogP contribution >= 0.6 is 15.9 Å². The van der Waals surface area contributed by atoms with E-state index in [2.05, 4.69) is 15.9 Å². The van der Waals surface area contributed by atoms with Crippen LogP contribution in [0.15, 0.2) is 22.7 Å². The topological polar surface area (TPSA) is 66.6 Å². The van der Waals surface area contributed by atoms with E-state index in [1.54, 1.807) is 4.90 Å². The van der Waals surface area contributed by atoms with E-state index in [-0.39, 0.29) is 18.4 Å². The zero-order chi connectivity index (χ0) is 12.4. The van der Waals surface area contributed by atoms with E-state index < -0.39 is 0 Å². The molecule has 5 heteroatoms. The minimum atomic E-state index is -0.0252. The summed E-state index contributed by atoms with van der Waals surface area (Å²) < 4.78 is 0.862. The van der Waals surface area contributed by atoms with Gasteiger partial charge >= 0.3 is 0 Å². The number of rotatable bonds is 3. The van der Waals surface area contributed by atoms with E-state index >= 15 is 0 Å². The molecule has 1 heterocycles. The predicted octanol–water partition coefficient (Wildman–Crippen LogP) is 1.25. The molecule has 17 heavy (non-hydrogen) atoms. The van der Waals surface area contributed by atoms with Crippen molar-refractivity contribution in [3.63, 3.8) is 0 Å². The SMILES string of the molecule is NCC1CC(=O)N(c2cc(CO)ccc2Br)C1. The summed E-state index contributed by atoms with van der Waals surface area (Å²) >= 11 is 3.43. The summed E-state index contributed by atoms with van der Waals surface area (Å²) in [6, 6.07) is 5.51. The number of aliphatic hydroxyl groups is 1. The minimum absolute atomic E-state index is 0.0252. The maximum atomic E-state index is 11.9. The van der Waals surface area contributed by atoms with Crippen molar-refractivity contribution in [3.05, 3.63) is 28.2 Å². The van der Waals surface area contributed by atoms with Gasteiger partial charge in [0.2, 0.25) is 5.91 Å². The second-order valence-electron chi connectivity index (χ2n) is 4.25. The van der Waals surface area contributed by atoms with Gasteiger partial charge in [-0.05, 0) is 46.1 Å². The number of amides is 1. The van der Waals surface area contributed by atoms with Crippen molar-refractivity contribution in [1.29, 1.82) is 0 Å². The lowest BCUT2D eigenvalue weighted by molar-refractivity contribution is -0.117.